The van der Waals surface area contributed by atoms with E-state index in [2.05, 4.69) is 11.8 Å². The zero-order chi connectivity index (χ0) is 5.98. The van der Waals surface area contributed by atoms with E-state index in [1.165, 1.54) is 35.8 Å². The first-order chi connectivity index (χ1) is 3.84. The summed E-state index contributed by atoms with van der Waals surface area (Å²) >= 11 is 0. The van der Waals surface area contributed by atoms with Gasteiger partial charge in [0.05, 0.1) is 0 Å². The van der Waals surface area contributed by atoms with E-state index in [0.717, 1.165) is 6.04 Å². The topological polar surface area (TPSA) is 3.24 Å². The molecule has 8 heavy (non-hydrogen) atoms. The molecule has 1 rings (SSSR count). The number of hydrogen-bond acceptors (Lipinski definition) is 1. The third kappa shape index (κ3) is 1.12. The molecular weight excluding hydrogens is 114 g/mol. The first-order valence-corrected chi connectivity index (χ1v) is 5.00. The van der Waals surface area contributed by atoms with Crippen LogP contribution in [-0.2, 0) is 0 Å². The summed E-state index contributed by atoms with van der Waals surface area (Å²) < 4.78 is 0. The van der Waals surface area contributed by atoms with Crippen LogP contribution in [0, 0.1) is 0 Å². The van der Waals surface area contributed by atoms with Crippen molar-refractivity contribution in [3.05, 3.63) is 0 Å². The third-order valence-corrected chi connectivity index (χ3v) is 2.91. The molecule has 1 heterocycles. The van der Waals surface area contributed by atoms with Crippen molar-refractivity contribution in [2.75, 3.05) is 12.7 Å². The van der Waals surface area contributed by atoms with Crippen LogP contribution in [0.2, 0.25) is 0 Å². The molecule has 0 radical (unpaired) electrons. The minimum Gasteiger partial charge on any atom is -0.304 e. The highest BCUT2D eigenvalue weighted by Gasteiger charge is 2.16. The van der Waals surface area contributed by atoms with E-state index in [4.69, 9.17) is 0 Å². The van der Waals surface area contributed by atoms with Crippen LogP contribution >= 0.6 is 0 Å². The molecule has 1 atom stereocenters. The summed E-state index contributed by atoms with van der Waals surface area (Å²) in [6.45, 7) is 3.70. The van der Waals surface area contributed by atoms with Crippen molar-refractivity contribution in [2.45, 2.75) is 25.8 Å². The maximum atomic E-state index is 2.59. The van der Waals surface area contributed by atoms with Crippen molar-refractivity contribution in [3.8, 4) is 0 Å². The van der Waals surface area contributed by atoms with Crippen molar-refractivity contribution in [3.63, 3.8) is 0 Å². The van der Waals surface area contributed by atoms with E-state index in [0.29, 0.717) is 0 Å². The lowest BCUT2D eigenvalue weighted by atomic mass is 10.2. The summed E-state index contributed by atoms with van der Waals surface area (Å²) in [5, 5.41) is 0. The highest BCUT2D eigenvalue weighted by atomic mass is 28.1. The van der Waals surface area contributed by atoms with Crippen LogP contribution < -0.4 is 0 Å². The summed E-state index contributed by atoms with van der Waals surface area (Å²) in [4.78, 5) is 2.59. The van der Waals surface area contributed by atoms with Crippen LogP contribution in [0.4, 0.5) is 0 Å². The Morgan fingerprint density at radius 2 is 2.50 bits per heavy atom. The van der Waals surface area contributed by atoms with Crippen molar-refractivity contribution >= 4 is 10.2 Å². The average Bonchev–Trinajstić information content (AvgIpc) is 2.14. The SMILES string of the molecule is CC1CCCN1C[SiH3]. The van der Waals surface area contributed by atoms with Crippen LogP contribution in [0.25, 0.3) is 0 Å². The van der Waals surface area contributed by atoms with Gasteiger partial charge < -0.3 is 4.90 Å². The molecule has 1 saturated heterocycles. The van der Waals surface area contributed by atoms with Crippen LogP contribution in [0.1, 0.15) is 19.8 Å². The fraction of sp³-hybridized carbons (Fsp3) is 1.00. The van der Waals surface area contributed by atoms with Crippen LogP contribution in [0.15, 0.2) is 0 Å². The first-order valence-electron chi connectivity index (χ1n) is 3.58. The zero-order valence-electron chi connectivity index (χ0n) is 5.85. The van der Waals surface area contributed by atoms with E-state index >= 15 is 0 Å². The zero-order valence-corrected chi connectivity index (χ0v) is 7.85. The maximum Gasteiger partial charge on any atom is 0.0205 e. The standard InChI is InChI=1S/C6H15NSi/c1-6-3-2-4-7(6)5-8/h6H,2-5H2,1,8H3. The van der Waals surface area contributed by atoms with Gasteiger partial charge in [0.2, 0.25) is 0 Å². The predicted molar refractivity (Wildman–Crippen MR) is 40.2 cm³/mol. The van der Waals surface area contributed by atoms with Gasteiger partial charge in [-0.25, -0.2) is 0 Å². The Balaban J connectivity index is 2.30. The van der Waals surface area contributed by atoms with Gasteiger partial charge in [-0.15, -0.1) is 0 Å². The van der Waals surface area contributed by atoms with Crippen LogP contribution in [0.5, 0.6) is 0 Å². The molecule has 0 aromatic carbocycles. The Hall–Kier alpha value is 0.177. The van der Waals surface area contributed by atoms with E-state index in [9.17, 15) is 0 Å². The van der Waals surface area contributed by atoms with E-state index in [1.807, 2.05) is 0 Å². The number of nitrogens with zero attached hydrogens (tertiary/aromatic N) is 1. The quantitative estimate of drug-likeness (QED) is 0.443. The minimum atomic E-state index is 0.896. The normalized spacial score (nSPS) is 31.9. The number of hydrogen-bond donors (Lipinski definition) is 0. The largest absolute Gasteiger partial charge is 0.304 e. The molecule has 1 aliphatic heterocycles. The van der Waals surface area contributed by atoms with Gasteiger partial charge in [0, 0.05) is 16.3 Å². The molecule has 0 aliphatic carbocycles. The summed E-state index contributed by atoms with van der Waals surface area (Å²) in [6.07, 6.45) is 4.24. The highest BCUT2D eigenvalue weighted by Crippen LogP contribution is 2.13. The molecule has 0 aromatic heterocycles. The summed E-state index contributed by atoms with van der Waals surface area (Å²) in [5.74, 6) is 0. The molecule has 48 valence electrons. The average molecular weight is 129 g/mol. The molecule has 1 fully saturated rings. The van der Waals surface area contributed by atoms with Crippen molar-refractivity contribution < 1.29 is 0 Å². The van der Waals surface area contributed by atoms with E-state index < -0.39 is 0 Å². The molecule has 2 heteroatoms. The molecule has 1 unspecified atom stereocenters. The van der Waals surface area contributed by atoms with Crippen molar-refractivity contribution in [1.29, 1.82) is 0 Å². The molecule has 1 nitrogen and oxygen atoms in total. The molecule has 0 N–H and O–H groups in total. The Morgan fingerprint density at radius 3 is 2.75 bits per heavy atom. The maximum absolute atomic E-state index is 2.59. The lowest BCUT2D eigenvalue weighted by Crippen LogP contribution is -2.27. The minimum absolute atomic E-state index is 0.896. The lowest BCUT2D eigenvalue weighted by Gasteiger charge is -2.17. The Kier molecular flexibility index (Phi) is 2.08. The molecule has 0 saturated carbocycles. The number of rotatable bonds is 1. The van der Waals surface area contributed by atoms with Gasteiger partial charge in [-0.1, -0.05) is 0 Å². The third-order valence-electron chi connectivity index (χ3n) is 2.10. The van der Waals surface area contributed by atoms with Crippen LogP contribution in [0.3, 0.4) is 0 Å². The Bertz CT molecular complexity index is 74.9. The Labute approximate surface area is 54.5 Å². The van der Waals surface area contributed by atoms with Gasteiger partial charge in [0.25, 0.3) is 0 Å². The van der Waals surface area contributed by atoms with Gasteiger partial charge in [0.15, 0.2) is 0 Å². The second-order valence-electron chi connectivity index (χ2n) is 2.62. The molecule has 0 spiro atoms. The molecule has 1 aliphatic rings. The van der Waals surface area contributed by atoms with Gasteiger partial charge in [-0.05, 0) is 32.5 Å². The van der Waals surface area contributed by atoms with E-state index in [1.54, 1.807) is 0 Å². The highest BCUT2D eigenvalue weighted by molar-refractivity contribution is 6.08. The summed E-state index contributed by atoms with van der Waals surface area (Å²) in [6, 6.07) is 0.896. The fourth-order valence-electron chi connectivity index (χ4n) is 1.46. The van der Waals surface area contributed by atoms with E-state index in [-0.39, 0.29) is 0 Å². The number of likely N-dealkylation sites (tertiary alicyclic amines) is 1. The Morgan fingerprint density at radius 1 is 1.75 bits per heavy atom. The fourth-order valence-corrected chi connectivity index (χ4v) is 2.40. The predicted octanol–water partition coefficient (Wildman–Crippen LogP) is -0.206. The smallest absolute Gasteiger partial charge is 0.0205 e. The molecular formula is C6H15NSi. The van der Waals surface area contributed by atoms with Crippen LogP contribution in [-0.4, -0.2) is 33.9 Å². The molecule has 0 bridgehead atoms. The second kappa shape index (κ2) is 2.64. The summed E-state index contributed by atoms with van der Waals surface area (Å²) in [5.41, 5.74) is 0. The molecule has 0 aromatic rings. The van der Waals surface area contributed by atoms with Gasteiger partial charge >= 0.3 is 0 Å². The van der Waals surface area contributed by atoms with Crippen molar-refractivity contribution in [2.24, 2.45) is 0 Å². The van der Waals surface area contributed by atoms with Gasteiger partial charge in [-0.2, -0.15) is 0 Å². The van der Waals surface area contributed by atoms with Gasteiger partial charge in [-0.3, -0.25) is 0 Å². The lowest BCUT2D eigenvalue weighted by molar-refractivity contribution is 0.313. The first kappa shape index (κ1) is 6.30. The van der Waals surface area contributed by atoms with Crippen molar-refractivity contribution in [1.82, 2.24) is 4.90 Å². The molecule has 0 amide bonds. The second-order valence-corrected chi connectivity index (χ2v) is 3.25. The monoisotopic (exact) mass is 129 g/mol. The van der Waals surface area contributed by atoms with Gasteiger partial charge in [0.1, 0.15) is 0 Å². The summed E-state index contributed by atoms with van der Waals surface area (Å²) in [7, 11) is 1.35.